The minimum absolute atomic E-state index is 0.126. The van der Waals surface area contributed by atoms with Crippen LogP contribution >= 0.6 is 0 Å². The summed E-state index contributed by atoms with van der Waals surface area (Å²) < 4.78 is 5.11. The molecule has 27 heavy (non-hydrogen) atoms. The SMILES string of the molecule is COc1ccc(NC(=O)C(CC(C)C)N2C(=O)c3ccccc3C2=O)cc1. The molecule has 1 heterocycles. The van der Waals surface area contributed by atoms with E-state index in [-0.39, 0.29) is 11.8 Å². The van der Waals surface area contributed by atoms with E-state index in [9.17, 15) is 14.4 Å². The van der Waals surface area contributed by atoms with Crippen molar-refractivity contribution in [3.8, 4) is 5.75 Å². The summed E-state index contributed by atoms with van der Waals surface area (Å²) in [5.41, 5.74) is 1.26. The van der Waals surface area contributed by atoms with Crippen LogP contribution in [-0.2, 0) is 4.79 Å². The first kappa shape index (κ1) is 18.6. The van der Waals surface area contributed by atoms with Crippen molar-refractivity contribution in [3.05, 3.63) is 59.7 Å². The first-order valence-corrected chi connectivity index (χ1v) is 8.84. The number of benzene rings is 2. The molecule has 6 nitrogen and oxygen atoms in total. The van der Waals surface area contributed by atoms with E-state index in [0.717, 1.165) is 4.90 Å². The summed E-state index contributed by atoms with van der Waals surface area (Å²) in [5.74, 6) is -0.436. The van der Waals surface area contributed by atoms with Crippen LogP contribution in [0.2, 0.25) is 0 Å². The van der Waals surface area contributed by atoms with Crippen molar-refractivity contribution in [2.24, 2.45) is 5.92 Å². The topological polar surface area (TPSA) is 75.7 Å². The number of anilines is 1. The molecule has 1 aliphatic heterocycles. The van der Waals surface area contributed by atoms with E-state index >= 15 is 0 Å². The predicted molar refractivity (Wildman–Crippen MR) is 102 cm³/mol. The number of rotatable bonds is 6. The number of amides is 3. The van der Waals surface area contributed by atoms with Gasteiger partial charge in [0.15, 0.2) is 0 Å². The smallest absolute Gasteiger partial charge is 0.262 e. The van der Waals surface area contributed by atoms with Gasteiger partial charge in [-0.3, -0.25) is 19.3 Å². The third-order valence-corrected chi connectivity index (χ3v) is 4.49. The molecule has 0 fully saturated rings. The Morgan fingerprint density at radius 3 is 2.04 bits per heavy atom. The summed E-state index contributed by atoms with van der Waals surface area (Å²) in [6.45, 7) is 3.90. The number of fused-ring (bicyclic) bond motifs is 1. The van der Waals surface area contributed by atoms with E-state index < -0.39 is 17.9 Å². The number of imide groups is 1. The summed E-state index contributed by atoms with van der Waals surface area (Å²) >= 11 is 0. The average molecular weight is 366 g/mol. The van der Waals surface area contributed by atoms with Crippen molar-refractivity contribution in [2.45, 2.75) is 26.3 Å². The molecule has 1 unspecified atom stereocenters. The highest BCUT2D eigenvalue weighted by atomic mass is 16.5. The van der Waals surface area contributed by atoms with Gasteiger partial charge < -0.3 is 10.1 Å². The maximum absolute atomic E-state index is 12.9. The fourth-order valence-corrected chi connectivity index (χ4v) is 3.17. The monoisotopic (exact) mass is 366 g/mol. The Hall–Kier alpha value is -3.15. The maximum atomic E-state index is 12.9. The summed E-state index contributed by atoms with van der Waals surface area (Å²) in [6, 6.07) is 12.7. The summed E-state index contributed by atoms with van der Waals surface area (Å²) in [4.78, 5) is 39.6. The Morgan fingerprint density at radius 1 is 1.00 bits per heavy atom. The lowest BCUT2D eigenvalue weighted by molar-refractivity contribution is -0.120. The summed E-state index contributed by atoms with van der Waals surface area (Å²) in [5, 5.41) is 2.80. The van der Waals surface area contributed by atoms with E-state index in [0.29, 0.717) is 29.0 Å². The van der Waals surface area contributed by atoms with Gasteiger partial charge in [0.1, 0.15) is 11.8 Å². The van der Waals surface area contributed by atoms with Crippen LogP contribution in [0.25, 0.3) is 0 Å². The van der Waals surface area contributed by atoms with Crippen molar-refractivity contribution in [3.63, 3.8) is 0 Å². The first-order chi connectivity index (χ1) is 12.9. The van der Waals surface area contributed by atoms with Crippen LogP contribution in [0.15, 0.2) is 48.5 Å². The van der Waals surface area contributed by atoms with E-state index in [1.807, 2.05) is 13.8 Å². The third-order valence-electron chi connectivity index (χ3n) is 4.49. The maximum Gasteiger partial charge on any atom is 0.262 e. The van der Waals surface area contributed by atoms with Crippen LogP contribution in [0.1, 0.15) is 41.0 Å². The number of nitrogens with one attached hydrogen (secondary N) is 1. The Morgan fingerprint density at radius 2 is 1.56 bits per heavy atom. The molecule has 3 rings (SSSR count). The quantitative estimate of drug-likeness (QED) is 0.796. The minimum Gasteiger partial charge on any atom is -0.497 e. The molecule has 0 aromatic heterocycles. The van der Waals surface area contributed by atoms with E-state index in [1.54, 1.807) is 55.6 Å². The van der Waals surface area contributed by atoms with Gasteiger partial charge in [0.2, 0.25) is 5.91 Å². The molecule has 3 amide bonds. The fraction of sp³-hybridized carbons (Fsp3) is 0.286. The largest absolute Gasteiger partial charge is 0.497 e. The molecule has 1 aliphatic rings. The minimum atomic E-state index is -0.875. The highest BCUT2D eigenvalue weighted by Crippen LogP contribution is 2.27. The lowest BCUT2D eigenvalue weighted by Gasteiger charge is -2.26. The van der Waals surface area contributed by atoms with Crippen molar-refractivity contribution in [2.75, 3.05) is 12.4 Å². The predicted octanol–water partition coefficient (Wildman–Crippen LogP) is 3.34. The van der Waals surface area contributed by atoms with Crippen LogP contribution in [0, 0.1) is 5.92 Å². The zero-order valence-corrected chi connectivity index (χ0v) is 15.6. The normalized spacial score (nSPS) is 14.3. The Bertz CT molecular complexity index is 839. The fourth-order valence-electron chi connectivity index (χ4n) is 3.17. The molecule has 6 heteroatoms. The van der Waals surface area contributed by atoms with Gasteiger partial charge in [-0.1, -0.05) is 26.0 Å². The van der Waals surface area contributed by atoms with Gasteiger partial charge in [-0.05, 0) is 48.7 Å². The number of methoxy groups -OCH3 is 1. The molecule has 2 aromatic rings. The first-order valence-electron chi connectivity index (χ1n) is 8.84. The number of nitrogens with zero attached hydrogens (tertiary/aromatic N) is 1. The lowest BCUT2D eigenvalue weighted by atomic mass is 10.0. The second-order valence-corrected chi connectivity index (χ2v) is 6.89. The van der Waals surface area contributed by atoms with Crippen molar-refractivity contribution < 1.29 is 19.1 Å². The van der Waals surface area contributed by atoms with Crippen LogP contribution < -0.4 is 10.1 Å². The molecule has 140 valence electrons. The van der Waals surface area contributed by atoms with Gasteiger partial charge in [-0.15, -0.1) is 0 Å². The highest BCUT2D eigenvalue weighted by Gasteiger charge is 2.42. The molecule has 1 atom stereocenters. The van der Waals surface area contributed by atoms with Crippen LogP contribution in [-0.4, -0.2) is 35.8 Å². The number of hydrogen-bond acceptors (Lipinski definition) is 4. The molecular formula is C21H22N2O4. The lowest BCUT2D eigenvalue weighted by Crippen LogP contribution is -2.47. The average Bonchev–Trinajstić information content (AvgIpc) is 2.91. The molecule has 0 radical (unpaired) electrons. The van der Waals surface area contributed by atoms with Gasteiger partial charge in [0.05, 0.1) is 18.2 Å². The van der Waals surface area contributed by atoms with E-state index in [1.165, 1.54) is 0 Å². The zero-order valence-electron chi connectivity index (χ0n) is 15.6. The van der Waals surface area contributed by atoms with Crippen molar-refractivity contribution in [1.82, 2.24) is 4.90 Å². The van der Waals surface area contributed by atoms with Crippen LogP contribution in [0.4, 0.5) is 5.69 Å². The number of carbonyl (C=O) groups is 3. The summed E-state index contributed by atoms with van der Waals surface area (Å²) in [7, 11) is 1.56. The number of hydrogen-bond donors (Lipinski definition) is 1. The number of carbonyl (C=O) groups excluding carboxylic acids is 3. The second kappa shape index (κ2) is 7.61. The van der Waals surface area contributed by atoms with Crippen LogP contribution in [0.5, 0.6) is 5.75 Å². The highest BCUT2D eigenvalue weighted by molar-refractivity contribution is 6.23. The van der Waals surface area contributed by atoms with E-state index in [4.69, 9.17) is 4.74 Å². The van der Waals surface area contributed by atoms with Crippen LogP contribution in [0.3, 0.4) is 0 Å². The van der Waals surface area contributed by atoms with Gasteiger partial charge in [-0.2, -0.15) is 0 Å². The Kier molecular flexibility index (Phi) is 5.26. The summed E-state index contributed by atoms with van der Waals surface area (Å²) in [6.07, 6.45) is 0.382. The van der Waals surface area contributed by atoms with Crippen molar-refractivity contribution >= 4 is 23.4 Å². The zero-order chi connectivity index (χ0) is 19.6. The molecular weight excluding hydrogens is 344 g/mol. The molecule has 0 bridgehead atoms. The Labute approximate surface area is 158 Å². The molecule has 0 saturated heterocycles. The molecule has 0 aliphatic carbocycles. The van der Waals surface area contributed by atoms with Gasteiger partial charge in [-0.25, -0.2) is 0 Å². The van der Waals surface area contributed by atoms with Crippen molar-refractivity contribution in [1.29, 1.82) is 0 Å². The van der Waals surface area contributed by atoms with Gasteiger partial charge in [0.25, 0.3) is 11.8 Å². The van der Waals surface area contributed by atoms with Gasteiger partial charge in [0, 0.05) is 5.69 Å². The third kappa shape index (κ3) is 3.69. The standard InChI is InChI=1S/C21H22N2O4/c1-13(2)12-18(19(24)22-14-8-10-15(27-3)11-9-14)23-20(25)16-6-4-5-7-17(16)21(23)26/h4-11,13,18H,12H2,1-3H3,(H,22,24). The Balaban J connectivity index is 1.86. The molecule has 2 aromatic carbocycles. The molecule has 0 saturated carbocycles. The second-order valence-electron chi connectivity index (χ2n) is 6.89. The van der Waals surface area contributed by atoms with E-state index in [2.05, 4.69) is 5.32 Å². The van der Waals surface area contributed by atoms with Gasteiger partial charge >= 0.3 is 0 Å². The molecule has 0 spiro atoms. The molecule has 1 N–H and O–H groups in total. The number of ether oxygens (including phenoxy) is 1.